The van der Waals surface area contributed by atoms with Gasteiger partial charge in [0.25, 0.3) is 21.6 Å². The van der Waals surface area contributed by atoms with Crippen LogP contribution >= 0.6 is 11.3 Å². The molecule has 1 amide bonds. The molecule has 0 aliphatic rings. The fourth-order valence-electron chi connectivity index (χ4n) is 4.21. The predicted molar refractivity (Wildman–Crippen MR) is 165 cm³/mol. The third-order valence-corrected chi connectivity index (χ3v) is 9.26. The van der Waals surface area contributed by atoms with Crippen LogP contribution < -0.4 is 9.31 Å². The van der Waals surface area contributed by atoms with Gasteiger partial charge in [0.2, 0.25) is 5.13 Å². The van der Waals surface area contributed by atoms with Crippen LogP contribution in [0.4, 0.5) is 16.5 Å². The number of aromatic nitrogens is 1. The second-order valence-corrected chi connectivity index (χ2v) is 12.1. The number of carbonyl (C=O) groups excluding carboxylic acids is 1. The van der Waals surface area contributed by atoms with Crippen LogP contribution in [-0.2, 0) is 10.0 Å². The van der Waals surface area contributed by atoms with E-state index >= 15 is 0 Å². The average Bonchev–Trinajstić information content (AvgIpc) is 3.41. The normalized spacial score (nSPS) is 11.6. The molecule has 5 rings (SSSR count). The van der Waals surface area contributed by atoms with Gasteiger partial charge in [-0.25, -0.2) is 13.4 Å². The van der Waals surface area contributed by atoms with Crippen molar-refractivity contribution in [1.29, 1.82) is 0 Å². The van der Waals surface area contributed by atoms with E-state index in [0.717, 1.165) is 15.3 Å². The summed E-state index contributed by atoms with van der Waals surface area (Å²) in [5, 5.41) is 16.9. The Bertz CT molecular complexity index is 1890. The summed E-state index contributed by atoms with van der Waals surface area (Å²) in [4.78, 5) is 28.9. The number of fused-ring (bicyclic) bond motifs is 1. The number of sulfonamides is 1. The molecule has 0 fully saturated rings. The number of benzene rings is 4. The van der Waals surface area contributed by atoms with Crippen molar-refractivity contribution >= 4 is 60.2 Å². The molecule has 12 heteroatoms. The lowest BCUT2D eigenvalue weighted by atomic mass is 10.2. The van der Waals surface area contributed by atoms with Gasteiger partial charge in [0, 0.05) is 24.2 Å². The molecule has 10 nitrogen and oxygen atoms in total. The number of non-ortho nitro benzene ring substituents is 1. The van der Waals surface area contributed by atoms with E-state index < -0.39 is 20.9 Å². The van der Waals surface area contributed by atoms with Crippen LogP contribution in [0.1, 0.15) is 28.4 Å². The van der Waals surface area contributed by atoms with E-state index in [0.29, 0.717) is 21.9 Å². The van der Waals surface area contributed by atoms with Crippen molar-refractivity contribution in [2.24, 2.45) is 5.10 Å². The molecule has 0 saturated heterocycles. The molecule has 212 valence electrons. The van der Waals surface area contributed by atoms with E-state index in [-0.39, 0.29) is 22.7 Å². The van der Waals surface area contributed by atoms with Crippen LogP contribution in [0.25, 0.3) is 10.2 Å². The summed E-state index contributed by atoms with van der Waals surface area (Å²) >= 11 is 1.28. The summed E-state index contributed by atoms with van der Waals surface area (Å²) in [6, 6.07) is 26.0. The van der Waals surface area contributed by atoms with Gasteiger partial charge in [-0.05, 0) is 85.6 Å². The zero-order valence-electron chi connectivity index (χ0n) is 22.6. The van der Waals surface area contributed by atoms with Gasteiger partial charge >= 0.3 is 0 Å². The number of nitro groups is 1. The number of hydrogen-bond acceptors (Lipinski definition) is 8. The number of nitro benzene ring substituents is 1. The van der Waals surface area contributed by atoms with Crippen LogP contribution in [0, 0.1) is 17.0 Å². The number of carbonyl (C=O) groups is 1. The lowest BCUT2D eigenvalue weighted by Crippen LogP contribution is -2.31. The first-order valence-corrected chi connectivity index (χ1v) is 15.1. The van der Waals surface area contributed by atoms with Crippen molar-refractivity contribution < 1.29 is 18.1 Å². The van der Waals surface area contributed by atoms with Crippen LogP contribution in [-0.4, -0.2) is 37.0 Å². The van der Waals surface area contributed by atoms with Crippen molar-refractivity contribution in [3.8, 4) is 0 Å². The highest BCUT2D eigenvalue weighted by Crippen LogP contribution is 2.31. The van der Waals surface area contributed by atoms with Crippen molar-refractivity contribution in [3.05, 3.63) is 124 Å². The number of nitrogens with zero attached hydrogens (tertiary/aromatic N) is 5. The molecule has 0 unspecified atom stereocenters. The molecule has 0 aliphatic carbocycles. The number of para-hydroxylation sites is 1. The largest absolute Gasteiger partial charge is 0.280 e. The second-order valence-electron chi connectivity index (χ2n) is 9.21. The van der Waals surface area contributed by atoms with E-state index in [1.54, 1.807) is 31.2 Å². The molecule has 42 heavy (non-hydrogen) atoms. The predicted octanol–water partition coefficient (Wildman–Crippen LogP) is 6.41. The lowest BCUT2D eigenvalue weighted by Gasteiger charge is -2.23. The van der Waals surface area contributed by atoms with Gasteiger partial charge in [0.1, 0.15) is 0 Å². The second kappa shape index (κ2) is 11.9. The fraction of sp³-hybridized carbons (Fsp3) is 0.100. The Hall–Kier alpha value is -4.94. The summed E-state index contributed by atoms with van der Waals surface area (Å²) in [6.45, 7) is 3.94. The maximum Gasteiger partial charge on any atom is 0.280 e. The van der Waals surface area contributed by atoms with Crippen molar-refractivity contribution in [2.75, 3.05) is 15.9 Å². The maximum absolute atomic E-state index is 13.8. The molecule has 0 atom stereocenters. The summed E-state index contributed by atoms with van der Waals surface area (Å²) in [6.07, 6.45) is 1.41. The van der Waals surface area contributed by atoms with E-state index in [1.807, 2.05) is 31.2 Å². The minimum Gasteiger partial charge on any atom is -0.267 e. The highest BCUT2D eigenvalue weighted by Gasteiger charge is 2.25. The number of anilines is 2. The maximum atomic E-state index is 13.8. The first kappa shape index (κ1) is 28.6. The van der Waals surface area contributed by atoms with Gasteiger partial charge in [-0.3, -0.25) is 19.2 Å². The summed E-state index contributed by atoms with van der Waals surface area (Å²) < 4.78 is 29.0. The smallest absolute Gasteiger partial charge is 0.267 e. The first-order valence-electron chi connectivity index (χ1n) is 12.9. The summed E-state index contributed by atoms with van der Waals surface area (Å²) in [7, 11) is -3.88. The van der Waals surface area contributed by atoms with Gasteiger partial charge in [-0.1, -0.05) is 35.6 Å². The number of thiazole rings is 1. The van der Waals surface area contributed by atoms with Crippen molar-refractivity contribution in [2.45, 2.75) is 18.7 Å². The molecule has 0 aliphatic heterocycles. The number of hydrogen-bond donors (Lipinski definition) is 0. The molecular weight excluding hydrogens is 574 g/mol. The van der Waals surface area contributed by atoms with E-state index in [4.69, 9.17) is 0 Å². The average molecular weight is 600 g/mol. The number of aryl methyl sites for hydroxylation is 1. The third kappa shape index (κ3) is 5.90. The van der Waals surface area contributed by atoms with Crippen LogP contribution in [0.2, 0.25) is 0 Å². The Morgan fingerprint density at radius 1 is 1.00 bits per heavy atom. The molecule has 5 aromatic rings. The first-order chi connectivity index (χ1) is 20.2. The van der Waals surface area contributed by atoms with Crippen molar-refractivity contribution in [1.82, 2.24) is 4.98 Å². The Kier molecular flexibility index (Phi) is 8.09. The number of hydrazone groups is 1. The van der Waals surface area contributed by atoms with Gasteiger partial charge in [-0.2, -0.15) is 10.1 Å². The summed E-state index contributed by atoms with van der Waals surface area (Å²) in [5.74, 6) is -0.525. The standard InChI is InChI=1S/C30H25N5O5S2/c1-3-33(24-7-5-4-6-8-24)42(39,40)26-16-12-23(13-17-26)29(36)34(30-32-27-18-9-21(2)19-28(27)41-30)31-20-22-10-14-25(15-11-22)35(37)38/h4-20H,3H2,1-2H3/b31-20+. The molecule has 0 radical (unpaired) electrons. The highest BCUT2D eigenvalue weighted by atomic mass is 32.2. The van der Waals surface area contributed by atoms with E-state index in [1.165, 1.54) is 70.4 Å². The Morgan fingerprint density at radius 2 is 1.69 bits per heavy atom. The number of rotatable bonds is 9. The Labute approximate surface area is 246 Å². The van der Waals surface area contributed by atoms with Crippen LogP contribution in [0.15, 0.2) is 107 Å². The van der Waals surface area contributed by atoms with E-state index in [2.05, 4.69) is 10.1 Å². The number of amides is 1. The lowest BCUT2D eigenvalue weighted by molar-refractivity contribution is -0.384. The monoisotopic (exact) mass is 599 g/mol. The van der Waals surface area contributed by atoms with Gasteiger partial charge in [0.15, 0.2) is 0 Å². The summed E-state index contributed by atoms with van der Waals surface area (Å²) in [5.41, 5.74) is 2.96. The van der Waals surface area contributed by atoms with Crippen LogP contribution in [0.5, 0.6) is 0 Å². The zero-order chi connectivity index (χ0) is 29.9. The molecule has 0 N–H and O–H groups in total. The molecule has 4 aromatic carbocycles. The fourth-order valence-corrected chi connectivity index (χ4v) is 6.70. The zero-order valence-corrected chi connectivity index (χ0v) is 24.2. The minimum absolute atomic E-state index is 0.0427. The quantitative estimate of drug-likeness (QED) is 0.109. The topological polar surface area (TPSA) is 126 Å². The van der Waals surface area contributed by atoms with E-state index in [9.17, 15) is 23.3 Å². The van der Waals surface area contributed by atoms with Gasteiger partial charge in [0.05, 0.1) is 31.9 Å². The molecule has 0 spiro atoms. The van der Waals surface area contributed by atoms with Gasteiger partial charge in [-0.15, -0.1) is 0 Å². The van der Waals surface area contributed by atoms with Crippen LogP contribution in [0.3, 0.4) is 0 Å². The molecule has 1 heterocycles. The molecule has 0 bridgehead atoms. The van der Waals surface area contributed by atoms with Gasteiger partial charge < -0.3 is 0 Å². The molecule has 0 saturated carbocycles. The highest BCUT2D eigenvalue weighted by molar-refractivity contribution is 7.92. The molecule has 1 aromatic heterocycles. The Morgan fingerprint density at radius 3 is 2.33 bits per heavy atom. The Balaban J connectivity index is 1.48. The van der Waals surface area contributed by atoms with Crippen molar-refractivity contribution in [3.63, 3.8) is 0 Å². The third-order valence-electron chi connectivity index (χ3n) is 6.35. The molecular formula is C30H25N5O5S2. The minimum atomic E-state index is -3.88. The SMILES string of the molecule is CCN(c1ccccc1)S(=O)(=O)c1ccc(C(=O)N(/N=C/c2ccc([N+](=O)[O-])cc2)c2nc3ccc(C)cc3s2)cc1.